The fourth-order valence-corrected chi connectivity index (χ4v) is 11.8. The number of fused-ring (bicyclic) bond motifs is 6. The van der Waals surface area contributed by atoms with E-state index in [1.165, 1.54) is 34.7 Å². The van der Waals surface area contributed by atoms with E-state index in [1.807, 2.05) is 0 Å². The van der Waals surface area contributed by atoms with Crippen LogP contribution in [0.5, 0.6) is 11.6 Å². The lowest BCUT2D eigenvalue weighted by Crippen LogP contribution is -2.08. The van der Waals surface area contributed by atoms with E-state index in [-0.39, 0.29) is 114 Å². The molecular weight excluding hydrogens is 1100 g/mol. The van der Waals surface area contributed by atoms with E-state index < -0.39 is 68.4 Å². The molecule has 0 atom stereocenters. The number of azo groups is 3. The Morgan fingerprint density at radius 2 is 1.45 bits per heavy atom. The lowest BCUT2D eigenvalue weighted by molar-refractivity contribution is 0.282. The third-order valence-corrected chi connectivity index (χ3v) is 16.4. The van der Waals surface area contributed by atoms with E-state index in [1.54, 1.807) is 38.1 Å². The van der Waals surface area contributed by atoms with Gasteiger partial charge in [-0.25, -0.2) is 9.97 Å². The van der Waals surface area contributed by atoms with Gasteiger partial charge in [0.25, 0.3) is 40.5 Å². The minimum absolute atomic E-state index is 0.00233. The van der Waals surface area contributed by atoms with Crippen molar-refractivity contribution < 1.29 is 66.8 Å². The van der Waals surface area contributed by atoms with Gasteiger partial charge >= 0.3 is 0 Å². The summed E-state index contributed by atoms with van der Waals surface area (Å²) >= 11 is 1.84. The minimum atomic E-state index is -4.89. The number of imidazole rings is 1. The van der Waals surface area contributed by atoms with Gasteiger partial charge in [-0.2, -0.15) is 44.0 Å². The van der Waals surface area contributed by atoms with Crippen LogP contribution in [-0.4, -0.2) is 100 Å². The van der Waals surface area contributed by atoms with Crippen LogP contribution in [0.25, 0.3) is 37.7 Å². The van der Waals surface area contributed by atoms with Crippen molar-refractivity contribution >= 4 is 135 Å². The Labute approximate surface area is 434 Å². The molecule has 6 N–H and O–H groups in total. The van der Waals surface area contributed by atoms with Crippen molar-refractivity contribution in [1.82, 2.24) is 14.4 Å². The summed E-state index contributed by atoms with van der Waals surface area (Å²) in [6, 6.07) is 19.2. The smallest absolute Gasteiger partial charge is 0.296 e. The number of para-hydroxylation sites is 2. The van der Waals surface area contributed by atoms with E-state index >= 15 is 0 Å². The molecule has 390 valence electrons. The summed E-state index contributed by atoms with van der Waals surface area (Å²) in [7, 11) is -18.3. The summed E-state index contributed by atoms with van der Waals surface area (Å²) in [5.74, 6) is -1.48. The number of nitrogens with zero attached hydrogens (tertiary/aromatic N) is 10. The zero-order chi connectivity index (χ0) is 54.2. The Kier molecular flexibility index (Phi) is 15.5. The normalized spacial score (nSPS) is 12.9. The third-order valence-electron chi connectivity index (χ3n) is 11.0. The predicted octanol–water partition coefficient (Wildman–Crippen LogP) is 9.70. The summed E-state index contributed by atoms with van der Waals surface area (Å²) in [5, 5.41) is 58.3. The van der Waals surface area contributed by atoms with Crippen molar-refractivity contribution in [3.05, 3.63) is 95.1 Å². The second-order valence-electron chi connectivity index (χ2n) is 16.2. The minimum Gasteiger partial charge on any atom is -0.493 e. The van der Waals surface area contributed by atoms with Crippen LogP contribution in [0.1, 0.15) is 35.1 Å². The molecule has 31 heteroatoms. The molecule has 75 heavy (non-hydrogen) atoms. The molecule has 0 saturated carbocycles. The quantitative estimate of drug-likeness (QED) is 0.0190. The van der Waals surface area contributed by atoms with Gasteiger partial charge in [-0.1, -0.05) is 29.5 Å². The Morgan fingerprint density at radius 1 is 0.760 bits per heavy atom. The van der Waals surface area contributed by atoms with Gasteiger partial charge < -0.3 is 14.9 Å². The first-order valence-corrected chi connectivity index (χ1v) is 29.4. The van der Waals surface area contributed by atoms with Gasteiger partial charge in [0.05, 0.1) is 62.4 Å². The number of rotatable bonds is 19. The SMILES string of the molecule is Cc1cc(N=Nc2c(C)c(C#N)c3nc4ccccc4n3c2O)c(OCCCS(=O)(=O)O)cc1N=Nc1cc(CO)c(N=Nc2nc3c(S(=O)(=O)O)cc4ccc(S(=O)(=O)O)cc4c3s2)cc1SCCCS(=O)(=O)O. The van der Waals surface area contributed by atoms with E-state index in [4.69, 9.17) is 4.74 Å². The second kappa shape index (κ2) is 21.3. The molecular formula is C44H38N10O15S6. The maximum absolute atomic E-state index is 12.4. The van der Waals surface area contributed by atoms with Gasteiger partial charge in [-0.05, 0) is 91.9 Å². The number of aryl methyl sites for hydroxylation is 1. The first kappa shape index (κ1) is 54.3. The molecule has 0 spiro atoms. The molecule has 0 aliphatic carbocycles. The summed E-state index contributed by atoms with van der Waals surface area (Å²) < 4.78 is 141. The van der Waals surface area contributed by atoms with E-state index in [0.29, 0.717) is 21.5 Å². The number of thiazole rings is 1. The van der Waals surface area contributed by atoms with E-state index in [9.17, 15) is 67.4 Å². The van der Waals surface area contributed by atoms with E-state index in [2.05, 4.69) is 46.7 Å². The highest BCUT2D eigenvalue weighted by Gasteiger charge is 2.24. The number of benzene rings is 5. The number of aliphatic hydroxyl groups excluding tert-OH is 1. The molecule has 0 fully saturated rings. The number of thioether (sulfide) groups is 1. The largest absolute Gasteiger partial charge is 0.493 e. The number of pyridine rings is 1. The van der Waals surface area contributed by atoms with Crippen LogP contribution in [0, 0.1) is 25.2 Å². The molecule has 0 unspecified atom stereocenters. The molecule has 5 aromatic carbocycles. The van der Waals surface area contributed by atoms with Gasteiger partial charge in [0, 0.05) is 27.5 Å². The number of aromatic nitrogens is 3. The number of nitriles is 1. The van der Waals surface area contributed by atoms with Gasteiger partial charge in [0.1, 0.15) is 33.5 Å². The molecule has 0 bridgehead atoms. The highest BCUT2D eigenvalue weighted by atomic mass is 32.2. The zero-order valence-corrected chi connectivity index (χ0v) is 43.6. The summed E-state index contributed by atoms with van der Waals surface area (Å²) in [6.07, 6.45) is -0.176. The molecule has 0 amide bonds. The average Bonchev–Trinajstić information content (AvgIpc) is 3.96. The van der Waals surface area contributed by atoms with Gasteiger partial charge in [0.15, 0.2) is 11.3 Å². The van der Waals surface area contributed by atoms with Crippen molar-refractivity contribution in [3.8, 4) is 17.7 Å². The maximum Gasteiger partial charge on any atom is 0.296 e. The van der Waals surface area contributed by atoms with Gasteiger partial charge in [-0.15, -0.1) is 37.3 Å². The molecule has 3 heterocycles. The van der Waals surface area contributed by atoms with Crippen molar-refractivity contribution in [1.29, 1.82) is 5.26 Å². The third kappa shape index (κ3) is 12.3. The molecule has 0 saturated heterocycles. The van der Waals surface area contributed by atoms with Crippen LogP contribution in [0.3, 0.4) is 0 Å². The van der Waals surface area contributed by atoms with Crippen LogP contribution in [0.4, 0.5) is 33.6 Å². The first-order chi connectivity index (χ1) is 35.3. The lowest BCUT2D eigenvalue weighted by atomic mass is 10.1. The molecule has 3 aromatic heterocycles. The van der Waals surface area contributed by atoms with Gasteiger partial charge in [-0.3, -0.25) is 22.6 Å². The molecule has 0 aliphatic heterocycles. The predicted molar refractivity (Wildman–Crippen MR) is 275 cm³/mol. The summed E-state index contributed by atoms with van der Waals surface area (Å²) in [4.78, 5) is 7.93. The molecule has 8 rings (SSSR count). The number of hydrogen-bond donors (Lipinski definition) is 6. The molecule has 0 radical (unpaired) electrons. The number of aliphatic hydroxyl groups is 1. The van der Waals surface area contributed by atoms with Crippen LogP contribution >= 0.6 is 23.1 Å². The Bertz CT molecular complexity index is 4250. The monoisotopic (exact) mass is 1140 g/mol. The number of hydrogen-bond acceptors (Lipinski definition) is 22. The van der Waals surface area contributed by atoms with Crippen LogP contribution in [0.2, 0.25) is 0 Å². The van der Waals surface area contributed by atoms with Crippen LogP contribution in [0.15, 0.2) is 118 Å². The topological polar surface area (TPSA) is 395 Å². The Morgan fingerprint density at radius 3 is 2.15 bits per heavy atom. The summed E-state index contributed by atoms with van der Waals surface area (Å²) in [6.45, 7) is 2.30. The van der Waals surface area contributed by atoms with E-state index in [0.717, 1.165) is 41.3 Å². The lowest BCUT2D eigenvalue weighted by Gasteiger charge is -2.12. The van der Waals surface area contributed by atoms with Crippen molar-refractivity contribution in [3.63, 3.8) is 0 Å². The van der Waals surface area contributed by atoms with Gasteiger partial charge in [0.2, 0.25) is 11.0 Å². The molecule has 8 aromatic rings. The first-order valence-electron chi connectivity index (χ1n) is 21.5. The number of aromatic hydroxyl groups is 1. The van der Waals surface area contributed by atoms with Crippen molar-refractivity contribution in [2.24, 2.45) is 30.7 Å². The highest BCUT2D eigenvalue weighted by molar-refractivity contribution is 7.99. The zero-order valence-electron chi connectivity index (χ0n) is 38.7. The van der Waals surface area contributed by atoms with Crippen LogP contribution in [-0.2, 0) is 47.1 Å². The molecule has 25 nitrogen and oxygen atoms in total. The molecule has 0 aliphatic rings. The maximum atomic E-state index is 12.4. The van der Waals surface area contributed by atoms with Crippen molar-refractivity contribution in [2.75, 3.05) is 23.9 Å². The Balaban J connectivity index is 1.18. The summed E-state index contributed by atoms with van der Waals surface area (Å²) in [5.41, 5.74) is 2.17. The Hall–Kier alpha value is -6.96. The highest BCUT2D eigenvalue weighted by Crippen LogP contribution is 2.44. The fraction of sp³-hybridized carbons (Fsp3) is 0.205. The second-order valence-corrected chi connectivity index (χ2v) is 24.3. The standard InChI is InChI=1S/C44H38N10O15S6/c1-23-15-33(50-52-39-24(2)29(21-45)42-46-30-7-3-4-8-35(30)54(42)43(39)56)36(69-11-5-13-72(57,58)59)19-31(23)48-51-34-16-26(22-55)32(20-37(34)70-12-6-14-73(60,61)62)49-53-44-47-40-38(75(66,67)68)17-25-9-10-27(74(63,64)65)18-28(25)41(40)71-44/h3-4,7-10,15-20,55-56H,5-6,11-14,22H2,1-2H3,(H,57,58,59)(H,60,61,62)(H,63,64,65)(H,66,67,68). The number of ether oxygens (including phenoxy) is 1. The van der Waals surface area contributed by atoms with Crippen molar-refractivity contribution in [2.45, 2.75) is 48.0 Å². The van der Waals surface area contributed by atoms with Crippen LogP contribution < -0.4 is 4.74 Å². The average molecular weight is 1140 g/mol. The fourth-order valence-electron chi connectivity index (χ4n) is 7.48.